The van der Waals surface area contributed by atoms with Crippen LogP contribution < -0.4 is 16.0 Å². The zero-order chi connectivity index (χ0) is 15.6. The highest BCUT2D eigenvalue weighted by Gasteiger charge is 2.27. The first kappa shape index (κ1) is 15.2. The van der Waals surface area contributed by atoms with Crippen molar-refractivity contribution in [3.05, 3.63) is 39.4 Å². The first-order chi connectivity index (χ1) is 9.83. The van der Waals surface area contributed by atoms with Gasteiger partial charge in [0.25, 0.3) is 15.7 Å². The first-order valence-corrected chi connectivity index (χ1v) is 7.84. The van der Waals surface area contributed by atoms with E-state index in [0.29, 0.717) is 0 Å². The number of rotatable bonds is 5. The van der Waals surface area contributed by atoms with Gasteiger partial charge in [-0.05, 0) is 19.1 Å². The van der Waals surface area contributed by atoms with E-state index < -0.39 is 25.5 Å². The predicted octanol–water partition coefficient (Wildman–Crippen LogP) is 1.45. The van der Waals surface area contributed by atoms with E-state index in [2.05, 4.69) is 15.1 Å². The maximum atomic E-state index is 12.2. The van der Waals surface area contributed by atoms with Gasteiger partial charge in [0, 0.05) is 17.1 Å². The van der Waals surface area contributed by atoms with Crippen LogP contribution in [0.1, 0.15) is 4.88 Å². The van der Waals surface area contributed by atoms with E-state index in [1.807, 2.05) is 0 Å². The average Bonchev–Trinajstić information content (AvgIpc) is 2.82. The fourth-order valence-electron chi connectivity index (χ4n) is 1.55. The Hall–Kier alpha value is -2.24. The zero-order valence-electron chi connectivity index (χ0n) is 10.7. The molecule has 112 valence electrons. The predicted molar refractivity (Wildman–Crippen MR) is 78.6 cm³/mol. The second kappa shape index (κ2) is 5.63. The molecule has 0 bridgehead atoms. The first-order valence-electron chi connectivity index (χ1n) is 5.54. The van der Waals surface area contributed by atoms with Gasteiger partial charge in [0.2, 0.25) is 0 Å². The number of sulfonamides is 1. The Bertz CT molecular complexity index is 786. The van der Waals surface area contributed by atoms with Gasteiger partial charge in [-0.25, -0.2) is 13.4 Å². The number of hydrazine groups is 1. The number of hydrogen-bond acceptors (Lipinski definition) is 8. The number of nitrogens with two attached hydrogens (primary N) is 1. The maximum absolute atomic E-state index is 12.2. The quantitative estimate of drug-likeness (QED) is 0.428. The third-order valence-corrected chi connectivity index (χ3v) is 4.80. The van der Waals surface area contributed by atoms with Crippen LogP contribution in [0.2, 0.25) is 0 Å². The molecule has 0 unspecified atom stereocenters. The van der Waals surface area contributed by atoms with Gasteiger partial charge < -0.3 is 5.43 Å². The van der Waals surface area contributed by atoms with Crippen LogP contribution in [0.15, 0.2) is 29.3 Å². The summed E-state index contributed by atoms with van der Waals surface area (Å²) in [7, 11) is -4.11. The molecule has 1 aromatic heterocycles. The van der Waals surface area contributed by atoms with Crippen LogP contribution >= 0.6 is 11.3 Å². The van der Waals surface area contributed by atoms with Gasteiger partial charge in [0.05, 0.1) is 10.6 Å². The van der Waals surface area contributed by atoms with Crippen molar-refractivity contribution in [2.45, 2.75) is 11.8 Å². The van der Waals surface area contributed by atoms with Crippen LogP contribution in [0, 0.1) is 17.0 Å². The van der Waals surface area contributed by atoms with Gasteiger partial charge in [0.15, 0.2) is 10.0 Å². The van der Waals surface area contributed by atoms with Crippen LogP contribution in [-0.4, -0.2) is 18.3 Å². The molecule has 0 spiro atoms. The molecular formula is C10H11N5O4S2. The molecule has 4 N–H and O–H groups in total. The molecule has 0 saturated heterocycles. The largest absolute Gasteiger partial charge is 0.324 e. The van der Waals surface area contributed by atoms with Crippen LogP contribution in [0.5, 0.6) is 0 Å². The Morgan fingerprint density at radius 3 is 2.67 bits per heavy atom. The minimum Gasteiger partial charge on any atom is -0.324 e. The van der Waals surface area contributed by atoms with Gasteiger partial charge in [0.1, 0.15) is 0 Å². The standard InChI is InChI=1S/C10H11N5O4S2/c1-6-5-12-10(20-6)14-21(18,19)9-3-2-7(13-11)4-8(9)15(16)17/h2-5,13H,11H2,1H3,(H,12,14). The van der Waals surface area contributed by atoms with Crippen LogP contribution in [0.3, 0.4) is 0 Å². The molecule has 0 aliphatic carbocycles. The average molecular weight is 329 g/mol. The highest BCUT2D eigenvalue weighted by molar-refractivity contribution is 7.93. The second-order valence-corrected chi connectivity index (χ2v) is 6.85. The van der Waals surface area contributed by atoms with Gasteiger partial charge in [-0.1, -0.05) is 0 Å². The summed E-state index contributed by atoms with van der Waals surface area (Å²) in [6, 6.07) is 3.48. The Balaban J connectivity index is 2.46. The number of nitrogens with one attached hydrogen (secondary N) is 2. The van der Waals surface area contributed by atoms with E-state index in [4.69, 9.17) is 5.84 Å². The molecule has 0 saturated carbocycles. The summed E-state index contributed by atoms with van der Waals surface area (Å²) in [4.78, 5) is 14.4. The lowest BCUT2D eigenvalue weighted by Crippen LogP contribution is -2.15. The Labute approximate surface area is 124 Å². The van der Waals surface area contributed by atoms with Crippen molar-refractivity contribution in [3.63, 3.8) is 0 Å². The Morgan fingerprint density at radius 2 is 2.14 bits per heavy atom. The molecule has 0 aliphatic heterocycles. The number of anilines is 2. The molecule has 2 rings (SSSR count). The molecule has 0 aliphatic rings. The Kier molecular flexibility index (Phi) is 4.06. The zero-order valence-corrected chi connectivity index (χ0v) is 12.4. The van der Waals surface area contributed by atoms with Crippen molar-refractivity contribution in [1.82, 2.24) is 4.98 Å². The topological polar surface area (TPSA) is 140 Å². The summed E-state index contributed by atoms with van der Waals surface area (Å²) in [5.41, 5.74) is 1.87. The molecule has 0 atom stereocenters. The van der Waals surface area contributed by atoms with Gasteiger partial charge >= 0.3 is 0 Å². The molecule has 1 aromatic carbocycles. The highest BCUT2D eigenvalue weighted by Crippen LogP contribution is 2.29. The summed E-state index contributed by atoms with van der Waals surface area (Å²) in [6.45, 7) is 1.76. The van der Waals surface area contributed by atoms with Gasteiger partial charge in [-0.15, -0.1) is 11.3 Å². The lowest BCUT2D eigenvalue weighted by atomic mass is 10.3. The normalized spacial score (nSPS) is 11.1. The number of nitro groups is 1. The second-order valence-electron chi connectivity index (χ2n) is 3.97. The lowest BCUT2D eigenvalue weighted by Gasteiger charge is -2.07. The van der Waals surface area contributed by atoms with E-state index >= 15 is 0 Å². The number of nitrogens with zero attached hydrogens (tertiary/aromatic N) is 2. The van der Waals surface area contributed by atoms with Crippen LogP contribution in [0.25, 0.3) is 0 Å². The molecule has 0 fully saturated rings. The number of nitro benzene ring substituents is 1. The van der Waals surface area contributed by atoms with Crippen molar-refractivity contribution < 1.29 is 13.3 Å². The molecule has 1 heterocycles. The third kappa shape index (κ3) is 3.26. The van der Waals surface area contributed by atoms with E-state index in [-0.39, 0.29) is 10.8 Å². The van der Waals surface area contributed by atoms with Crippen molar-refractivity contribution >= 4 is 37.9 Å². The van der Waals surface area contributed by atoms with Crippen molar-refractivity contribution in [1.29, 1.82) is 0 Å². The van der Waals surface area contributed by atoms with Crippen LogP contribution in [0.4, 0.5) is 16.5 Å². The molecule has 9 nitrogen and oxygen atoms in total. The van der Waals surface area contributed by atoms with E-state index in [1.54, 1.807) is 6.92 Å². The summed E-state index contributed by atoms with van der Waals surface area (Å²) in [5.74, 6) is 5.16. The molecular weight excluding hydrogens is 318 g/mol. The van der Waals surface area contributed by atoms with Gasteiger partial charge in [-0.2, -0.15) is 0 Å². The van der Waals surface area contributed by atoms with Gasteiger partial charge in [-0.3, -0.25) is 20.7 Å². The van der Waals surface area contributed by atoms with Crippen molar-refractivity contribution in [2.75, 3.05) is 10.1 Å². The fraction of sp³-hybridized carbons (Fsp3) is 0.100. The maximum Gasteiger partial charge on any atom is 0.291 e. The number of benzene rings is 1. The van der Waals surface area contributed by atoms with E-state index in [9.17, 15) is 18.5 Å². The molecule has 21 heavy (non-hydrogen) atoms. The number of aryl methyl sites for hydroxylation is 1. The number of thiazole rings is 1. The minimum atomic E-state index is -4.11. The summed E-state index contributed by atoms with van der Waals surface area (Å²) in [6.07, 6.45) is 1.50. The molecule has 0 radical (unpaired) electrons. The summed E-state index contributed by atoms with van der Waals surface area (Å²) < 4.78 is 26.7. The molecule has 11 heteroatoms. The SMILES string of the molecule is Cc1cnc(NS(=O)(=O)c2ccc(NN)cc2[N+](=O)[O-])s1. The van der Waals surface area contributed by atoms with E-state index in [1.165, 1.54) is 12.3 Å². The molecule has 0 amide bonds. The Morgan fingerprint density at radius 1 is 1.43 bits per heavy atom. The molecule has 2 aromatic rings. The fourth-order valence-corrected chi connectivity index (χ4v) is 3.61. The monoisotopic (exact) mass is 329 g/mol. The summed E-state index contributed by atoms with van der Waals surface area (Å²) in [5, 5.41) is 11.2. The number of hydrogen-bond donors (Lipinski definition) is 3. The minimum absolute atomic E-state index is 0.142. The smallest absolute Gasteiger partial charge is 0.291 e. The van der Waals surface area contributed by atoms with Crippen LogP contribution in [-0.2, 0) is 10.0 Å². The van der Waals surface area contributed by atoms with Crippen molar-refractivity contribution in [2.24, 2.45) is 5.84 Å². The third-order valence-electron chi connectivity index (χ3n) is 2.45. The highest BCUT2D eigenvalue weighted by atomic mass is 32.2. The summed E-state index contributed by atoms with van der Waals surface area (Å²) >= 11 is 1.13. The number of nitrogen functional groups attached to an aromatic ring is 1. The van der Waals surface area contributed by atoms with E-state index in [0.717, 1.165) is 28.3 Å². The number of aromatic nitrogens is 1. The van der Waals surface area contributed by atoms with Crippen molar-refractivity contribution in [3.8, 4) is 0 Å². The lowest BCUT2D eigenvalue weighted by molar-refractivity contribution is -0.387.